The number of H-pyrrole nitrogens is 1. The van der Waals surface area contributed by atoms with Crippen LogP contribution < -0.4 is 10.9 Å². The molecule has 6 nitrogen and oxygen atoms in total. The molecule has 0 atom stereocenters. The molecule has 0 aliphatic rings. The van der Waals surface area contributed by atoms with Crippen molar-refractivity contribution in [2.24, 2.45) is 7.05 Å². The molecule has 0 unspecified atom stereocenters. The highest BCUT2D eigenvalue weighted by atomic mass is 16.2. The Morgan fingerprint density at radius 3 is 2.73 bits per heavy atom. The normalized spacial score (nSPS) is 11.1. The first-order valence-corrected chi connectivity index (χ1v) is 8.77. The maximum atomic E-state index is 12.6. The van der Waals surface area contributed by atoms with Crippen LogP contribution in [-0.4, -0.2) is 27.2 Å². The number of carbonyl (C=O) groups is 1. The molecule has 3 rings (SSSR count). The summed E-state index contributed by atoms with van der Waals surface area (Å²) in [4.78, 5) is 29.1. The molecule has 2 N–H and O–H groups in total. The summed E-state index contributed by atoms with van der Waals surface area (Å²) in [5.41, 5.74) is 5.11. The van der Waals surface area contributed by atoms with Crippen LogP contribution in [0.15, 0.2) is 29.1 Å². The second kappa shape index (κ2) is 7.15. The summed E-state index contributed by atoms with van der Waals surface area (Å²) in [7, 11) is 1.71. The predicted octanol–water partition coefficient (Wildman–Crippen LogP) is 2.55. The van der Waals surface area contributed by atoms with Gasteiger partial charge in [0.05, 0.1) is 10.9 Å². The number of amides is 1. The Labute approximate surface area is 152 Å². The standard InChI is InChI=1S/C20H24N4O2/c1-12-7-8-15(13(2)10-12)6-5-9-21-19(25)16-11-14(3)22-18-17(16)20(26)23-24(18)4/h7-8,10-11H,5-6,9H2,1-4H3,(H,21,25)(H,23,26). The first-order chi connectivity index (χ1) is 12.4. The Kier molecular flexibility index (Phi) is 4.93. The number of fused-ring (bicyclic) bond motifs is 1. The fourth-order valence-electron chi connectivity index (χ4n) is 3.27. The van der Waals surface area contributed by atoms with E-state index in [1.807, 2.05) is 6.92 Å². The molecule has 136 valence electrons. The molecule has 0 aliphatic heterocycles. The summed E-state index contributed by atoms with van der Waals surface area (Å²) < 4.78 is 1.54. The number of aromatic amines is 1. The number of rotatable bonds is 5. The zero-order valence-electron chi connectivity index (χ0n) is 15.6. The summed E-state index contributed by atoms with van der Waals surface area (Å²) >= 11 is 0. The van der Waals surface area contributed by atoms with Crippen molar-refractivity contribution in [1.82, 2.24) is 20.1 Å². The average Bonchev–Trinajstić information content (AvgIpc) is 2.86. The largest absolute Gasteiger partial charge is 0.352 e. The minimum atomic E-state index is -0.296. The molecule has 2 heterocycles. The van der Waals surface area contributed by atoms with Crippen molar-refractivity contribution in [2.75, 3.05) is 6.54 Å². The van der Waals surface area contributed by atoms with E-state index in [2.05, 4.69) is 47.4 Å². The third-order valence-electron chi connectivity index (χ3n) is 4.59. The summed E-state index contributed by atoms with van der Waals surface area (Å²) in [6.45, 7) is 6.56. The van der Waals surface area contributed by atoms with E-state index in [0.29, 0.717) is 28.8 Å². The number of carbonyl (C=O) groups excluding carboxylic acids is 1. The van der Waals surface area contributed by atoms with E-state index in [4.69, 9.17) is 0 Å². The van der Waals surface area contributed by atoms with Crippen LogP contribution in [0, 0.1) is 20.8 Å². The second-order valence-electron chi connectivity index (χ2n) is 6.80. The van der Waals surface area contributed by atoms with Gasteiger partial charge in [0, 0.05) is 19.3 Å². The van der Waals surface area contributed by atoms with Crippen LogP contribution in [0.1, 0.15) is 39.2 Å². The number of hydrogen-bond donors (Lipinski definition) is 2. The van der Waals surface area contributed by atoms with Crippen molar-refractivity contribution in [3.8, 4) is 0 Å². The van der Waals surface area contributed by atoms with E-state index in [0.717, 1.165) is 12.8 Å². The summed E-state index contributed by atoms with van der Waals surface area (Å²) in [6, 6.07) is 8.09. The van der Waals surface area contributed by atoms with Gasteiger partial charge in [0.2, 0.25) is 0 Å². The fraction of sp³-hybridized carbons (Fsp3) is 0.350. The monoisotopic (exact) mass is 352 g/mol. The van der Waals surface area contributed by atoms with Gasteiger partial charge in [0.25, 0.3) is 11.5 Å². The highest BCUT2D eigenvalue weighted by Crippen LogP contribution is 2.15. The first-order valence-electron chi connectivity index (χ1n) is 8.77. The van der Waals surface area contributed by atoms with Gasteiger partial charge in [0.15, 0.2) is 5.65 Å². The van der Waals surface area contributed by atoms with Gasteiger partial charge in [-0.05, 0) is 50.8 Å². The van der Waals surface area contributed by atoms with Gasteiger partial charge in [-0.15, -0.1) is 0 Å². The third kappa shape index (κ3) is 3.54. The second-order valence-corrected chi connectivity index (χ2v) is 6.80. The first kappa shape index (κ1) is 17.9. The zero-order valence-corrected chi connectivity index (χ0v) is 15.6. The lowest BCUT2D eigenvalue weighted by Crippen LogP contribution is -2.26. The third-order valence-corrected chi connectivity index (χ3v) is 4.59. The lowest BCUT2D eigenvalue weighted by molar-refractivity contribution is 0.0954. The smallest absolute Gasteiger partial charge is 0.274 e. The van der Waals surface area contributed by atoms with Crippen molar-refractivity contribution >= 4 is 16.9 Å². The topological polar surface area (TPSA) is 79.8 Å². The van der Waals surface area contributed by atoms with E-state index >= 15 is 0 Å². The van der Waals surface area contributed by atoms with Crippen molar-refractivity contribution in [1.29, 1.82) is 0 Å². The zero-order chi connectivity index (χ0) is 18.8. The number of aromatic nitrogens is 3. The Hall–Kier alpha value is -2.89. The van der Waals surface area contributed by atoms with Crippen LogP contribution in [0.25, 0.3) is 11.0 Å². The molecule has 0 aliphatic carbocycles. The van der Waals surface area contributed by atoms with Gasteiger partial charge in [-0.25, -0.2) is 4.98 Å². The fourth-order valence-corrected chi connectivity index (χ4v) is 3.27. The maximum absolute atomic E-state index is 12.6. The Morgan fingerprint density at radius 2 is 2.00 bits per heavy atom. The Balaban J connectivity index is 1.69. The van der Waals surface area contributed by atoms with E-state index in [1.54, 1.807) is 17.8 Å². The molecule has 2 aromatic heterocycles. The molecular formula is C20H24N4O2. The Morgan fingerprint density at radius 1 is 1.23 bits per heavy atom. The number of aryl methyl sites for hydroxylation is 5. The number of hydrogen-bond acceptors (Lipinski definition) is 3. The SMILES string of the molecule is Cc1ccc(CCCNC(=O)c2cc(C)nc3c2c(=O)[nH]n3C)c(C)c1. The van der Waals surface area contributed by atoms with Gasteiger partial charge < -0.3 is 5.32 Å². The van der Waals surface area contributed by atoms with Crippen molar-refractivity contribution in [3.63, 3.8) is 0 Å². The highest BCUT2D eigenvalue weighted by molar-refractivity contribution is 6.05. The highest BCUT2D eigenvalue weighted by Gasteiger charge is 2.17. The van der Waals surface area contributed by atoms with Gasteiger partial charge in [-0.3, -0.25) is 19.4 Å². The van der Waals surface area contributed by atoms with Crippen LogP contribution in [0.2, 0.25) is 0 Å². The minimum Gasteiger partial charge on any atom is -0.352 e. The molecule has 0 saturated carbocycles. The summed E-state index contributed by atoms with van der Waals surface area (Å²) in [5.74, 6) is -0.238. The molecule has 1 amide bonds. The molecule has 0 bridgehead atoms. The van der Waals surface area contributed by atoms with Gasteiger partial charge in [-0.2, -0.15) is 0 Å². The molecule has 1 aromatic carbocycles. The molecular weight excluding hydrogens is 328 g/mol. The van der Waals surface area contributed by atoms with E-state index in [1.165, 1.54) is 16.7 Å². The van der Waals surface area contributed by atoms with E-state index in [-0.39, 0.29) is 11.5 Å². The average molecular weight is 352 g/mol. The predicted molar refractivity (Wildman–Crippen MR) is 103 cm³/mol. The summed E-state index contributed by atoms with van der Waals surface area (Å²) in [5, 5.41) is 5.92. The molecule has 26 heavy (non-hydrogen) atoms. The van der Waals surface area contributed by atoms with Crippen LogP contribution in [-0.2, 0) is 13.5 Å². The molecule has 0 saturated heterocycles. The van der Waals surface area contributed by atoms with E-state index in [9.17, 15) is 9.59 Å². The van der Waals surface area contributed by atoms with Crippen LogP contribution in [0.4, 0.5) is 0 Å². The van der Waals surface area contributed by atoms with Gasteiger partial charge in [0.1, 0.15) is 0 Å². The molecule has 0 radical (unpaired) electrons. The molecule has 0 fully saturated rings. The van der Waals surface area contributed by atoms with Crippen molar-refractivity contribution < 1.29 is 4.79 Å². The quantitative estimate of drug-likeness (QED) is 0.693. The Bertz CT molecular complexity index is 1030. The molecule has 6 heteroatoms. The van der Waals surface area contributed by atoms with Crippen LogP contribution in [0.5, 0.6) is 0 Å². The van der Waals surface area contributed by atoms with Crippen molar-refractivity contribution in [2.45, 2.75) is 33.6 Å². The van der Waals surface area contributed by atoms with Crippen molar-refractivity contribution in [3.05, 3.63) is 62.6 Å². The minimum absolute atomic E-state index is 0.238. The number of nitrogens with one attached hydrogen (secondary N) is 2. The molecule has 3 aromatic rings. The number of pyridine rings is 1. The van der Waals surface area contributed by atoms with Gasteiger partial charge in [-0.1, -0.05) is 23.8 Å². The lowest BCUT2D eigenvalue weighted by atomic mass is 10.0. The van der Waals surface area contributed by atoms with Gasteiger partial charge >= 0.3 is 0 Å². The number of benzene rings is 1. The maximum Gasteiger partial charge on any atom is 0.274 e. The number of nitrogens with zero attached hydrogens (tertiary/aromatic N) is 2. The van der Waals surface area contributed by atoms with E-state index < -0.39 is 0 Å². The summed E-state index contributed by atoms with van der Waals surface area (Å²) in [6.07, 6.45) is 1.75. The lowest BCUT2D eigenvalue weighted by Gasteiger charge is -2.09. The molecule has 0 spiro atoms. The van der Waals surface area contributed by atoms with Crippen LogP contribution >= 0.6 is 0 Å². The van der Waals surface area contributed by atoms with Crippen LogP contribution in [0.3, 0.4) is 0 Å².